The summed E-state index contributed by atoms with van der Waals surface area (Å²) in [5.41, 5.74) is 1.45. The Labute approximate surface area is 169 Å². The van der Waals surface area contributed by atoms with Crippen molar-refractivity contribution in [1.82, 2.24) is 4.90 Å². The number of nitrogens with zero attached hydrogens (tertiary/aromatic N) is 2. The lowest BCUT2D eigenvalue weighted by Gasteiger charge is -2.30. The molecule has 1 heterocycles. The van der Waals surface area contributed by atoms with Crippen LogP contribution in [0.2, 0.25) is 5.02 Å². The van der Waals surface area contributed by atoms with Gasteiger partial charge in [-0.1, -0.05) is 53.2 Å². The van der Waals surface area contributed by atoms with Crippen LogP contribution in [0.4, 0.5) is 0 Å². The van der Waals surface area contributed by atoms with E-state index in [-0.39, 0.29) is 5.91 Å². The van der Waals surface area contributed by atoms with Gasteiger partial charge in [0, 0.05) is 17.3 Å². The summed E-state index contributed by atoms with van der Waals surface area (Å²) in [5.74, 6) is 1.30. The molecule has 0 bridgehead atoms. The lowest BCUT2D eigenvalue weighted by molar-refractivity contribution is -0.140. The van der Waals surface area contributed by atoms with Gasteiger partial charge in [-0.25, -0.2) is 0 Å². The molecule has 0 atom stereocenters. The third kappa shape index (κ3) is 5.05. The van der Waals surface area contributed by atoms with E-state index in [1.165, 1.54) is 11.1 Å². The topological polar surface area (TPSA) is 41.9 Å². The Morgan fingerprint density at radius 2 is 1.85 bits per heavy atom. The number of carbonyl (C=O) groups excluding carboxylic acids is 1. The molecule has 1 aliphatic heterocycles. The average molecular weight is 403 g/mol. The molecular formula is C21H23ClN2O2S. The summed E-state index contributed by atoms with van der Waals surface area (Å²) in [5, 5.41) is 1.39. The fraction of sp³-hybridized carbons (Fsp3) is 0.333. The number of thioether (sulfide) groups is 1. The lowest BCUT2D eigenvalue weighted by Crippen LogP contribution is -2.49. The van der Waals surface area contributed by atoms with Gasteiger partial charge in [0.1, 0.15) is 5.75 Å². The fourth-order valence-corrected chi connectivity index (χ4v) is 3.86. The fourth-order valence-electron chi connectivity index (χ4n) is 2.74. The molecule has 0 aromatic heterocycles. The smallest absolute Gasteiger partial charge is 0.272 e. The van der Waals surface area contributed by atoms with Crippen LogP contribution in [0.15, 0.2) is 53.5 Å². The molecule has 2 aromatic carbocycles. The van der Waals surface area contributed by atoms with Gasteiger partial charge in [-0.3, -0.25) is 14.7 Å². The number of ether oxygens (including phenoxy) is 1. The van der Waals surface area contributed by atoms with Crippen LogP contribution < -0.4 is 4.74 Å². The van der Waals surface area contributed by atoms with E-state index in [0.29, 0.717) is 23.9 Å². The van der Waals surface area contributed by atoms with Crippen LogP contribution in [0, 0.1) is 6.92 Å². The third-order valence-corrected chi connectivity index (χ3v) is 5.57. The first kappa shape index (κ1) is 19.8. The number of aryl methyl sites for hydroxylation is 1. The molecule has 1 aliphatic rings. The van der Waals surface area contributed by atoms with Crippen LogP contribution in [0.5, 0.6) is 5.75 Å². The second-order valence-electron chi connectivity index (χ2n) is 6.96. The van der Waals surface area contributed by atoms with Gasteiger partial charge >= 0.3 is 0 Å². The first-order valence-corrected chi connectivity index (χ1v) is 10.2. The number of hydrogen-bond donors (Lipinski definition) is 0. The normalized spacial score (nSPS) is 14.2. The molecule has 3 rings (SSSR count). The number of benzene rings is 2. The number of carbonyl (C=O) groups is 1. The number of aliphatic imine (C=N–C) groups is 1. The maximum absolute atomic E-state index is 13.1. The van der Waals surface area contributed by atoms with Gasteiger partial charge in [-0.2, -0.15) is 0 Å². The molecule has 0 saturated heterocycles. The summed E-state index contributed by atoms with van der Waals surface area (Å²) in [4.78, 5) is 19.3. The Balaban J connectivity index is 1.64. The van der Waals surface area contributed by atoms with E-state index in [1.54, 1.807) is 54.8 Å². The Kier molecular flexibility index (Phi) is 6.12. The SMILES string of the molecule is Cc1ccc(CSC2=NCCN2C(=O)C(C)(C)Oc2ccc(Cl)cc2)cc1. The van der Waals surface area contributed by atoms with Crippen molar-refractivity contribution in [2.45, 2.75) is 32.1 Å². The van der Waals surface area contributed by atoms with E-state index in [4.69, 9.17) is 16.3 Å². The Bertz CT molecular complexity index is 832. The molecule has 0 aliphatic carbocycles. The molecule has 0 radical (unpaired) electrons. The van der Waals surface area contributed by atoms with Gasteiger partial charge in [0.15, 0.2) is 10.8 Å². The van der Waals surface area contributed by atoms with Crippen molar-refractivity contribution in [2.24, 2.45) is 4.99 Å². The summed E-state index contributed by atoms with van der Waals surface area (Å²) < 4.78 is 5.94. The standard InChI is InChI=1S/C21H23ClN2O2S/c1-15-4-6-16(7-5-15)14-27-20-23-12-13-24(20)19(25)21(2,3)26-18-10-8-17(22)9-11-18/h4-11H,12-14H2,1-3H3. The van der Waals surface area contributed by atoms with Gasteiger partial charge in [-0.05, 0) is 50.6 Å². The minimum absolute atomic E-state index is 0.0925. The van der Waals surface area contributed by atoms with E-state index in [1.807, 2.05) is 0 Å². The average Bonchev–Trinajstić information content (AvgIpc) is 3.11. The highest BCUT2D eigenvalue weighted by atomic mass is 35.5. The van der Waals surface area contributed by atoms with Crippen molar-refractivity contribution in [3.63, 3.8) is 0 Å². The largest absolute Gasteiger partial charge is 0.478 e. The Hall–Kier alpha value is -1.98. The quantitative estimate of drug-likeness (QED) is 0.711. The van der Waals surface area contributed by atoms with Crippen LogP contribution in [0.3, 0.4) is 0 Å². The second kappa shape index (κ2) is 8.36. The van der Waals surface area contributed by atoms with Crippen molar-refractivity contribution in [1.29, 1.82) is 0 Å². The van der Waals surface area contributed by atoms with Crippen molar-refractivity contribution in [3.05, 3.63) is 64.7 Å². The molecule has 0 N–H and O–H groups in total. The van der Waals surface area contributed by atoms with Gasteiger partial charge in [0.25, 0.3) is 5.91 Å². The maximum atomic E-state index is 13.1. The highest BCUT2D eigenvalue weighted by molar-refractivity contribution is 8.13. The van der Waals surface area contributed by atoms with Crippen molar-refractivity contribution < 1.29 is 9.53 Å². The number of halogens is 1. The number of hydrogen-bond acceptors (Lipinski definition) is 4. The monoisotopic (exact) mass is 402 g/mol. The lowest BCUT2D eigenvalue weighted by atomic mass is 10.1. The zero-order chi connectivity index (χ0) is 19.4. The molecular weight excluding hydrogens is 380 g/mol. The minimum atomic E-state index is -0.997. The highest BCUT2D eigenvalue weighted by Crippen LogP contribution is 2.26. The highest BCUT2D eigenvalue weighted by Gasteiger charge is 2.37. The van der Waals surface area contributed by atoms with Crippen LogP contribution in [0.25, 0.3) is 0 Å². The molecule has 142 valence electrons. The van der Waals surface area contributed by atoms with Gasteiger partial charge < -0.3 is 4.74 Å². The molecule has 0 fully saturated rings. The van der Waals surface area contributed by atoms with Crippen molar-refractivity contribution in [3.8, 4) is 5.75 Å². The predicted molar refractivity (Wildman–Crippen MR) is 113 cm³/mol. The molecule has 0 unspecified atom stereocenters. The number of amidine groups is 1. The van der Waals surface area contributed by atoms with E-state index in [2.05, 4.69) is 36.2 Å². The summed E-state index contributed by atoms with van der Waals surface area (Å²) in [6, 6.07) is 15.4. The first-order chi connectivity index (χ1) is 12.8. The van der Waals surface area contributed by atoms with Gasteiger partial charge in [0.2, 0.25) is 0 Å². The zero-order valence-electron chi connectivity index (χ0n) is 15.7. The van der Waals surface area contributed by atoms with Gasteiger partial charge in [0.05, 0.1) is 6.54 Å². The Morgan fingerprint density at radius 3 is 2.52 bits per heavy atom. The van der Waals surface area contributed by atoms with E-state index in [0.717, 1.165) is 10.9 Å². The second-order valence-corrected chi connectivity index (χ2v) is 8.34. The first-order valence-electron chi connectivity index (χ1n) is 8.84. The Morgan fingerprint density at radius 1 is 1.19 bits per heavy atom. The van der Waals surface area contributed by atoms with E-state index < -0.39 is 5.60 Å². The summed E-state index contributed by atoms with van der Waals surface area (Å²) in [6.07, 6.45) is 0. The van der Waals surface area contributed by atoms with Crippen LogP contribution in [0.1, 0.15) is 25.0 Å². The number of amides is 1. The van der Waals surface area contributed by atoms with Crippen molar-refractivity contribution >= 4 is 34.4 Å². The molecule has 1 amide bonds. The van der Waals surface area contributed by atoms with Crippen molar-refractivity contribution in [2.75, 3.05) is 13.1 Å². The molecule has 6 heteroatoms. The predicted octanol–water partition coefficient (Wildman–Crippen LogP) is 4.94. The molecule has 27 heavy (non-hydrogen) atoms. The number of rotatable bonds is 5. The third-order valence-electron chi connectivity index (χ3n) is 4.24. The zero-order valence-corrected chi connectivity index (χ0v) is 17.3. The van der Waals surface area contributed by atoms with E-state index >= 15 is 0 Å². The summed E-state index contributed by atoms with van der Waals surface area (Å²) in [7, 11) is 0. The van der Waals surface area contributed by atoms with Crippen LogP contribution >= 0.6 is 23.4 Å². The van der Waals surface area contributed by atoms with E-state index in [9.17, 15) is 4.79 Å². The minimum Gasteiger partial charge on any atom is -0.478 e. The van der Waals surface area contributed by atoms with Crippen LogP contribution in [-0.2, 0) is 10.5 Å². The molecule has 0 spiro atoms. The molecule has 2 aromatic rings. The summed E-state index contributed by atoms with van der Waals surface area (Å²) >= 11 is 7.50. The van der Waals surface area contributed by atoms with Crippen LogP contribution in [-0.4, -0.2) is 34.7 Å². The maximum Gasteiger partial charge on any atom is 0.272 e. The van der Waals surface area contributed by atoms with Gasteiger partial charge in [-0.15, -0.1) is 0 Å². The molecule has 4 nitrogen and oxygen atoms in total. The molecule has 0 saturated carbocycles. The summed E-state index contributed by atoms with van der Waals surface area (Å²) in [6.45, 7) is 6.84.